The number of alkyl carbamates (subject to hydrolysis) is 1. The Labute approximate surface area is 161 Å². The first kappa shape index (κ1) is 18.2. The number of likely N-dealkylation sites (tertiary alicyclic amines) is 1. The lowest BCUT2D eigenvalue weighted by Gasteiger charge is -2.25. The lowest BCUT2D eigenvalue weighted by molar-refractivity contribution is 0.0453. The molecule has 0 aliphatic carbocycles. The van der Waals surface area contributed by atoms with Crippen LogP contribution in [0, 0.1) is 0 Å². The molecular weight excluding hydrogens is 364 g/mol. The van der Waals surface area contributed by atoms with Crippen LogP contribution >= 0.6 is 0 Å². The standard InChI is InChI=1S/C18H22N6O4/c25-16(24-9-2-5-18(6-10-24)12-21-17(26)27-18)20-8-4-14-22-15(23-28-14)13-3-1-7-19-11-13/h1,3,7,11H,2,4-6,8-10,12H2,(H,20,25)(H,21,26)/t18-/m1/s1. The first-order valence-electron chi connectivity index (χ1n) is 9.36. The molecule has 1 spiro atoms. The molecule has 0 radical (unpaired) electrons. The van der Waals surface area contributed by atoms with Gasteiger partial charge in [-0.3, -0.25) is 4.98 Å². The molecule has 3 amide bonds. The van der Waals surface area contributed by atoms with Crippen molar-refractivity contribution in [2.24, 2.45) is 0 Å². The third-order valence-electron chi connectivity index (χ3n) is 5.05. The fourth-order valence-corrected chi connectivity index (χ4v) is 3.51. The molecular formula is C18H22N6O4. The van der Waals surface area contributed by atoms with E-state index in [0.29, 0.717) is 50.7 Å². The van der Waals surface area contributed by atoms with Gasteiger partial charge in [0.15, 0.2) is 0 Å². The number of carbonyl (C=O) groups excluding carboxylic acids is 2. The van der Waals surface area contributed by atoms with Gasteiger partial charge in [-0.2, -0.15) is 4.98 Å². The van der Waals surface area contributed by atoms with E-state index in [2.05, 4.69) is 25.8 Å². The predicted molar refractivity (Wildman–Crippen MR) is 97.3 cm³/mol. The number of nitrogens with one attached hydrogen (secondary N) is 2. The minimum Gasteiger partial charge on any atom is -0.441 e. The number of hydrogen-bond donors (Lipinski definition) is 2. The molecule has 2 aliphatic heterocycles. The zero-order chi connectivity index (χ0) is 19.4. The maximum absolute atomic E-state index is 12.5. The van der Waals surface area contributed by atoms with E-state index in [-0.39, 0.29) is 12.1 Å². The summed E-state index contributed by atoms with van der Waals surface area (Å²) < 4.78 is 10.7. The van der Waals surface area contributed by atoms with Crippen LogP contribution in [-0.2, 0) is 11.2 Å². The van der Waals surface area contributed by atoms with Gasteiger partial charge < -0.3 is 24.8 Å². The number of pyridine rings is 1. The second kappa shape index (κ2) is 7.83. The maximum Gasteiger partial charge on any atom is 0.407 e. The van der Waals surface area contributed by atoms with Crippen LogP contribution in [-0.4, -0.2) is 63.9 Å². The summed E-state index contributed by atoms with van der Waals surface area (Å²) in [6.45, 7) is 2.09. The van der Waals surface area contributed by atoms with Crippen molar-refractivity contribution in [2.75, 3.05) is 26.2 Å². The minimum absolute atomic E-state index is 0.138. The Balaban J connectivity index is 1.25. The molecule has 2 aromatic rings. The fraction of sp³-hybridized carbons (Fsp3) is 0.500. The summed E-state index contributed by atoms with van der Waals surface area (Å²) in [6, 6.07) is 3.52. The molecule has 2 aliphatic rings. The van der Waals surface area contributed by atoms with E-state index in [0.717, 1.165) is 18.4 Å². The molecule has 0 saturated carbocycles. The SMILES string of the molecule is O=C1NC[C@]2(CCCN(C(=O)NCCc3nc(-c4cccnc4)no3)CC2)O1. The van der Waals surface area contributed by atoms with Crippen LogP contribution in [0.5, 0.6) is 0 Å². The van der Waals surface area contributed by atoms with Crippen LogP contribution < -0.4 is 10.6 Å². The highest BCUT2D eigenvalue weighted by Gasteiger charge is 2.41. The van der Waals surface area contributed by atoms with Crippen LogP contribution in [0.1, 0.15) is 25.2 Å². The van der Waals surface area contributed by atoms with Crippen molar-refractivity contribution in [3.63, 3.8) is 0 Å². The molecule has 4 rings (SSSR count). The highest BCUT2D eigenvalue weighted by atomic mass is 16.6. The lowest BCUT2D eigenvalue weighted by Crippen LogP contribution is -2.42. The predicted octanol–water partition coefficient (Wildman–Crippen LogP) is 1.35. The molecule has 28 heavy (non-hydrogen) atoms. The second-order valence-electron chi connectivity index (χ2n) is 7.00. The maximum atomic E-state index is 12.5. The van der Waals surface area contributed by atoms with Crippen molar-refractivity contribution < 1.29 is 18.8 Å². The number of ether oxygens (including phenoxy) is 1. The number of carbonyl (C=O) groups is 2. The highest BCUT2D eigenvalue weighted by Crippen LogP contribution is 2.29. The summed E-state index contributed by atoms with van der Waals surface area (Å²) in [5, 5.41) is 9.54. The largest absolute Gasteiger partial charge is 0.441 e. The molecule has 0 unspecified atom stereocenters. The third kappa shape index (κ3) is 4.05. The van der Waals surface area contributed by atoms with Crippen LogP contribution in [0.25, 0.3) is 11.4 Å². The zero-order valence-corrected chi connectivity index (χ0v) is 15.4. The number of hydrogen-bond acceptors (Lipinski definition) is 7. The van der Waals surface area contributed by atoms with Gasteiger partial charge in [0, 0.05) is 50.4 Å². The van der Waals surface area contributed by atoms with Crippen molar-refractivity contribution in [1.29, 1.82) is 0 Å². The van der Waals surface area contributed by atoms with E-state index in [1.54, 1.807) is 23.4 Å². The first-order valence-corrected chi connectivity index (χ1v) is 9.36. The number of aromatic nitrogens is 3. The van der Waals surface area contributed by atoms with Crippen molar-refractivity contribution in [3.05, 3.63) is 30.4 Å². The van der Waals surface area contributed by atoms with E-state index < -0.39 is 5.60 Å². The van der Waals surface area contributed by atoms with E-state index in [1.165, 1.54) is 0 Å². The molecule has 10 nitrogen and oxygen atoms in total. The van der Waals surface area contributed by atoms with Crippen LogP contribution in [0.3, 0.4) is 0 Å². The third-order valence-corrected chi connectivity index (χ3v) is 5.05. The first-order chi connectivity index (χ1) is 13.6. The quantitative estimate of drug-likeness (QED) is 0.813. The van der Waals surface area contributed by atoms with E-state index >= 15 is 0 Å². The number of nitrogens with zero attached hydrogens (tertiary/aromatic N) is 4. The van der Waals surface area contributed by atoms with Crippen molar-refractivity contribution >= 4 is 12.1 Å². The molecule has 2 saturated heterocycles. The van der Waals surface area contributed by atoms with Crippen molar-refractivity contribution in [2.45, 2.75) is 31.3 Å². The van der Waals surface area contributed by atoms with Gasteiger partial charge in [0.2, 0.25) is 11.7 Å². The normalized spacial score (nSPS) is 21.9. The molecule has 2 aromatic heterocycles. The highest BCUT2D eigenvalue weighted by molar-refractivity contribution is 5.74. The molecule has 148 valence electrons. The van der Waals surface area contributed by atoms with Gasteiger partial charge in [-0.05, 0) is 25.0 Å². The average Bonchev–Trinajstić information content (AvgIpc) is 3.26. The van der Waals surface area contributed by atoms with Crippen LogP contribution in [0.2, 0.25) is 0 Å². The Hall–Kier alpha value is -3.17. The molecule has 0 aromatic carbocycles. The topological polar surface area (TPSA) is 122 Å². The van der Waals surface area contributed by atoms with Crippen LogP contribution in [0.4, 0.5) is 9.59 Å². The summed E-state index contributed by atoms with van der Waals surface area (Å²) in [5.41, 5.74) is 0.306. The fourth-order valence-electron chi connectivity index (χ4n) is 3.51. The average molecular weight is 386 g/mol. The second-order valence-corrected chi connectivity index (χ2v) is 7.00. The number of urea groups is 1. The van der Waals surface area contributed by atoms with Gasteiger partial charge in [0.05, 0.1) is 6.54 Å². The lowest BCUT2D eigenvalue weighted by atomic mass is 9.95. The van der Waals surface area contributed by atoms with Gasteiger partial charge in [0.25, 0.3) is 0 Å². The number of rotatable bonds is 4. The number of amides is 3. The summed E-state index contributed by atoms with van der Waals surface area (Å²) in [5.74, 6) is 0.935. The summed E-state index contributed by atoms with van der Waals surface area (Å²) in [6.07, 6.45) is 5.60. The van der Waals surface area contributed by atoms with Crippen molar-refractivity contribution in [1.82, 2.24) is 30.7 Å². The molecule has 10 heteroatoms. The van der Waals surface area contributed by atoms with E-state index in [9.17, 15) is 9.59 Å². The molecule has 2 fully saturated rings. The van der Waals surface area contributed by atoms with E-state index in [1.807, 2.05) is 6.07 Å². The smallest absolute Gasteiger partial charge is 0.407 e. The van der Waals surface area contributed by atoms with Gasteiger partial charge in [-0.15, -0.1) is 0 Å². The minimum atomic E-state index is -0.474. The molecule has 0 bridgehead atoms. The molecule has 2 N–H and O–H groups in total. The molecule has 1 atom stereocenters. The van der Waals surface area contributed by atoms with Crippen LogP contribution in [0.15, 0.2) is 29.0 Å². The van der Waals surface area contributed by atoms with Gasteiger partial charge in [-0.25, -0.2) is 9.59 Å². The Morgan fingerprint density at radius 1 is 1.36 bits per heavy atom. The summed E-state index contributed by atoms with van der Waals surface area (Å²) >= 11 is 0. The van der Waals surface area contributed by atoms with Crippen molar-refractivity contribution in [3.8, 4) is 11.4 Å². The van der Waals surface area contributed by atoms with Gasteiger partial charge in [0.1, 0.15) is 5.60 Å². The van der Waals surface area contributed by atoms with Gasteiger partial charge >= 0.3 is 12.1 Å². The summed E-state index contributed by atoms with van der Waals surface area (Å²) in [4.78, 5) is 33.9. The molecule has 4 heterocycles. The van der Waals surface area contributed by atoms with Gasteiger partial charge in [-0.1, -0.05) is 5.16 Å². The Kier molecular flexibility index (Phi) is 5.09. The zero-order valence-electron chi connectivity index (χ0n) is 15.4. The Bertz CT molecular complexity index is 842. The monoisotopic (exact) mass is 386 g/mol. The Morgan fingerprint density at radius 2 is 2.29 bits per heavy atom. The summed E-state index contributed by atoms with van der Waals surface area (Å²) in [7, 11) is 0. The Morgan fingerprint density at radius 3 is 3.07 bits per heavy atom. The van der Waals surface area contributed by atoms with E-state index in [4.69, 9.17) is 9.26 Å².